The molecule has 2 saturated carbocycles. The molecule has 3 fully saturated rings. The Morgan fingerprint density at radius 3 is 2.11 bits per heavy atom. The average molecular weight is 371 g/mol. The maximum absolute atomic E-state index is 12.9. The van der Waals surface area contributed by atoms with Crippen LogP contribution in [0.15, 0.2) is 36.4 Å². The summed E-state index contributed by atoms with van der Waals surface area (Å²) in [5.74, 6) is 1.93. The first-order valence-electron chi connectivity index (χ1n) is 10.9. The smallest absolute Gasteiger partial charge is 0.226 e. The van der Waals surface area contributed by atoms with Crippen molar-refractivity contribution in [2.45, 2.75) is 71.8 Å². The van der Waals surface area contributed by atoms with Crippen LogP contribution in [0.4, 0.5) is 0 Å². The van der Waals surface area contributed by atoms with Crippen LogP contribution < -0.4 is 10.6 Å². The number of fused-ring (bicyclic) bond motifs is 2. The number of benzene rings is 1. The molecular formula is C24H38N2O. The van der Waals surface area contributed by atoms with E-state index in [0.717, 1.165) is 50.6 Å². The highest BCUT2D eigenvalue weighted by Gasteiger charge is 2.50. The average Bonchev–Trinajstić information content (AvgIpc) is 2.62. The summed E-state index contributed by atoms with van der Waals surface area (Å²) in [4.78, 5) is 12.9. The number of hydrogen-bond donors (Lipinski definition) is 2. The minimum atomic E-state index is -0.136. The minimum Gasteiger partial charge on any atom is -0.353 e. The summed E-state index contributed by atoms with van der Waals surface area (Å²) in [7, 11) is 0. The van der Waals surface area contributed by atoms with Gasteiger partial charge < -0.3 is 10.6 Å². The lowest BCUT2D eigenvalue weighted by Crippen LogP contribution is -2.53. The molecule has 0 spiro atoms. The Morgan fingerprint density at radius 2 is 1.56 bits per heavy atom. The molecule has 2 aliphatic carbocycles. The van der Waals surface area contributed by atoms with Gasteiger partial charge in [0.2, 0.25) is 5.91 Å². The van der Waals surface area contributed by atoms with E-state index in [-0.39, 0.29) is 5.41 Å². The van der Waals surface area contributed by atoms with Crippen molar-refractivity contribution in [3.8, 4) is 0 Å². The van der Waals surface area contributed by atoms with Gasteiger partial charge in [-0.1, -0.05) is 57.2 Å². The molecule has 1 aromatic rings. The molecule has 1 aliphatic heterocycles. The molecular weight excluding hydrogens is 332 g/mol. The van der Waals surface area contributed by atoms with E-state index in [2.05, 4.69) is 31.4 Å². The highest BCUT2D eigenvalue weighted by Crippen LogP contribution is 2.56. The Bertz CT molecular complexity index is 567. The van der Waals surface area contributed by atoms with Crippen LogP contribution in [0.3, 0.4) is 0 Å². The molecule has 4 atom stereocenters. The molecule has 3 nitrogen and oxygen atoms in total. The zero-order valence-electron chi connectivity index (χ0n) is 17.5. The van der Waals surface area contributed by atoms with Crippen LogP contribution in [0.1, 0.15) is 65.7 Å². The van der Waals surface area contributed by atoms with E-state index in [1.165, 1.54) is 19.3 Å². The largest absolute Gasteiger partial charge is 0.353 e. The SMILES string of the molecule is CC1CC2CC(C)(C1)CC(C)(C(=O)NC1CCNCC1)C2.c1ccccc1. The van der Waals surface area contributed by atoms with E-state index in [4.69, 9.17) is 0 Å². The third kappa shape index (κ3) is 5.57. The van der Waals surface area contributed by atoms with Crippen LogP contribution in [0, 0.1) is 22.7 Å². The number of piperidine rings is 1. The fraction of sp³-hybridized carbons (Fsp3) is 0.708. The van der Waals surface area contributed by atoms with Crippen molar-refractivity contribution in [2.24, 2.45) is 22.7 Å². The van der Waals surface area contributed by atoms with E-state index in [9.17, 15) is 4.79 Å². The molecule has 27 heavy (non-hydrogen) atoms. The molecule has 4 unspecified atom stereocenters. The van der Waals surface area contributed by atoms with Crippen molar-refractivity contribution < 1.29 is 4.79 Å². The summed E-state index contributed by atoms with van der Waals surface area (Å²) in [6, 6.07) is 12.4. The molecule has 2 N–H and O–H groups in total. The second-order valence-electron chi connectivity index (χ2n) is 10.0. The van der Waals surface area contributed by atoms with Crippen molar-refractivity contribution in [1.82, 2.24) is 10.6 Å². The molecule has 0 aromatic heterocycles. The first-order chi connectivity index (χ1) is 12.9. The summed E-state index contributed by atoms with van der Waals surface area (Å²) in [6.07, 6.45) is 8.32. The van der Waals surface area contributed by atoms with Gasteiger partial charge in [0.05, 0.1) is 0 Å². The van der Waals surface area contributed by atoms with Gasteiger partial charge in [0.25, 0.3) is 0 Å². The van der Waals surface area contributed by atoms with Crippen molar-refractivity contribution >= 4 is 5.91 Å². The predicted molar refractivity (Wildman–Crippen MR) is 112 cm³/mol. The second-order valence-corrected chi connectivity index (χ2v) is 10.0. The lowest BCUT2D eigenvalue weighted by atomic mass is 9.53. The lowest BCUT2D eigenvalue weighted by molar-refractivity contribution is -0.139. The van der Waals surface area contributed by atoms with Gasteiger partial charge in [0.1, 0.15) is 0 Å². The number of nitrogens with one attached hydrogen (secondary N) is 2. The maximum Gasteiger partial charge on any atom is 0.226 e. The van der Waals surface area contributed by atoms with Crippen LogP contribution in [0.5, 0.6) is 0 Å². The Morgan fingerprint density at radius 1 is 0.963 bits per heavy atom. The van der Waals surface area contributed by atoms with Crippen LogP contribution in [0.25, 0.3) is 0 Å². The summed E-state index contributed by atoms with van der Waals surface area (Å²) in [6.45, 7) is 9.12. The molecule has 2 bridgehead atoms. The fourth-order valence-electron chi connectivity index (χ4n) is 6.19. The van der Waals surface area contributed by atoms with Gasteiger partial charge in [-0.25, -0.2) is 0 Å². The van der Waals surface area contributed by atoms with Crippen LogP contribution in [-0.4, -0.2) is 25.0 Å². The molecule has 1 aromatic carbocycles. The van der Waals surface area contributed by atoms with Gasteiger partial charge in [0, 0.05) is 11.5 Å². The van der Waals surface area contributed by atoms with Crippen molar-refractivity contribution in [2.75, 3.05) is 13.1 Å². The van der Waals surface area contributed by atoms with E-state index >= 15 is 0 Å². The molecule has 0 radical (unpaired) electrons. The zero-order chi connectivity index (χ0) is 19.3. The molecule has 1 amide bonds. The molecule has 3 aliphatic rings. The quantitative estimate of drug-likeness (QED) is 0.786. The van der Waals surface area contributed by atoms with E-state index < -0.39 is 0 Å². The first-order valence-corrected chi connectivity index (χ1v) is 10.9. The van der Waals surface area contributed by atoms with Crippen molar-refractivity contribution in [1.29, 1.82) is 0 Å². The number of hydrogen-bond acceptors (Lipinski definition) is 2. The fourth-order valence-corrected chi connectivity index (χ4v) is 6.19. The van der Waals surface area contributed by atoms with Gasteiger partial charge in [-0.15, -0.1) is 0 Å². The molecule has 4 rings (SSSR count). The monoisotopic (exact) mass is 370 g/mol. The number of carbonyl (C=O) groups is 1. The Kier molecular flexibility index (Phi) is 6.62. The van der Waals surface area contributed by atoms with Crippen LogP contribution >= 0.6 is 0 Å². The Hall–Kier alpha value is -1.35. The van der Waals surface area contributed by atoms with Gasteiger partial charge in [0.15, 0.2) is 0 Å². The standard InChI is InChI=1S/C18H32N2O.C6H6/c1-13-8-14-10-17(2,9-13)12-18(3,11-14)16(21)20-15-4-6-19-7-5-15;1-2-4-6-5-3-1/h13-15,19H,4-12H2,1-3H3,(H,20,21);1-6H. The number of amides is 1. The Balaban J connectivity index is 0.000000299. The van der Waals surface area contributed by atoms with Crippen LogP contribution in [0.2, 0.25) is 0 Å². The van der Waals surface area contributed by atoms with Gasteiger partial charge in [-0.3, -0.25) is 4.79 Å². The van der Waals surface area contributed by atoms with E-state index in [1.54, 1.807) is 0 Å². The van der Waals surface area contributed by atoms with E-state index in [1.807, 2.05) is 36.4 Å². The molecule has 3 heteroatoms. The third-order valence-corrected chi connectivity index (χ3v) is 6.80. The minimum absolute atomic E-state index is 0.136. The molecule has 1 heterocycles. The zero-order valence-corrected chi connectivity index (χ0v) is 17.5. The number of carbonyl (C=O) groups excluding carboxylic acids is 1. The topological polar surface area (TPSA) is 41.1 Å². The van der Waals surface area contributed by atoms with Crippen molar-refractivity contribution in [3.63, 3.8) is 0 Å². The summed E-state index contributed by atoms with van der Waals surface area (Å²) in [5, 5.41) is 6.74. The van der Waals surface area contributed by atoms with Gasteiger partial charge in [-0.05, 0) is 75.3 Å². The molecule has 1 saturated heterocycles. The highest BCUT2D eigenvalue weighted by atomic mass is 16.2. The predicted octanol–water partition coefficient (Wildman–Crippen LogP) is 4.78. The summed E-state index contributed by atoms with van der Waals surface area (Å²) < 4.78 is 0. The highest BCUT2D eigenvalue weighted by molar-refractivity contribution is 5.82. The maximum atomic E-state index is 12.9. The summed E-state index contributed by atoms with van der Waals surface area (Å²) in [5.41, 5.74) is 0.253. The first kappa shape index (κ1) is 20.4. The second kappa shape index (κ2) is 8.77. The normalized spacial score (nSPS) is 36.3. The van der Waals surface area contributed by atoms with Gasteiger partial charge >= 0.3 is 0 Å². The van der Waals surface area contributed by atoms with Gasteiger partial charge in [-0.2, -0.15) is 0 Å². The van der Waals surface area contributed by atoms with Crippen LogP contribution in [-0.2, 0) is 4.79 Å². The summed E-state index contributed by atoms with van der Waals surface area (Å²) >= 11 is 0. The number of rotatable bonds is 2. The Labute approximate surface area is 165 Å². The molecule has 150 valence electrons. The lowest BCUT2D eigenvalue weighted by Gasteiger charge is -2.52. The van der Waals surface area contributed by atoms with E-state index in [0.29, 0.717) is 17.4 Å². The third-order valence-electron chi connectivity index (χ3n) is 6.80. The van der Waals surface area contributed by atoms with Crippen molar-refractivity contribution in [3.05, 3.63) is 36.4 Å².